The fourth-order valence-corrected chi connectivity index (χ4v) is 5.78. The second-order valence-electron chi connectivity index (χ2n) is 8.39. The van der Waals surface area contributed by atoms with E-state index in [1.54, 1.807) is 30.3 Å². The van der Waals surface area contributed by atoms with Gasteiger partial charge in [0.1, 0.15) is 0 Å². The first kappa shape index (κ1) is 27.5. The van der Waals surface area contributed by atoms with Crippen LogP contribution in [0.25, 0.3) is 10.8 Å². The van der Waals surface area contributed by atoms with E-state index in [4.69, 9.17) is 0 Å². The van der Waals surface area contributed by atoms with Crippen LogP contribution in [0.4, 0.5) is 32.0 Å². The van der Waals surface area contributed by atoms with Crippen LogP contribution in [0.3, 0.4) is 0 Å². The number of ether oxygens (including phenoxy) is 1. The third-order valence-corrected chi connectivity index (χ3v) is 7.98. The molecule has 4 rings (SSSR count). The Balaban J connectivity index is 1.87. The van der Waals surface area contributed by atoms with E-state index < -0.39 is 33.5 Å². The van der Waals surface area contributed by atoms with Gasteiger partial charge < -0.3 is 4.74 Å². The normalized spacial score (nSPS) is 13.0. The fraction of sp³-hybridized carbons (Fsp3) is 0.185. The number of methoxy groups -OCH3 is 1. The number of hydrogen-bond donors (Lipinski definition) is 0. The van der Waals surface area contributed by atoms with Gasteiger partial charge in [-0.1, -0.05) is 72.8 Å². The molecule has 4 aromatic rings. The number of sulfonamides is 1. The molecule has 0 heterocycles. The van der Waals surface area contributed by atoms with Crippen molar-refractivity contribution in [1.29, 1.82) is 0 Å². The summed E-state index contributed by atoms with van der Waals surface area (Å²) >= 11 is 0. The number of anilines is 1. The Morgan fingerprint density at radius 3 is 1.84 bits per heavy atom. The summed E-state index contributed by atoms with van der Waals surface area (Å²) in [6.07, 6.45) is -11.7. The Bertz CT molecular complexity index is 1500. The molecule has 0 aliphatic rings. The summed E-state index contributed by atoms with van der Waals surface area (Å²) in [5, 5.41) is 1.57. The maximum atomic E-state index is 13.7. The van der Waals surface area contributed by atoms with E-state index in [2.05, 4.69) is 4.74 Å². The summed E-state index contributed by atoms with van der Waals surface area (Å²) in [4.78, 5) is -0.0962. The predicted molar refractivity (Wildman–Crippen MR) is 131 cm³/mol. The molecule has 38 heavy (non-hydrogen) atoms. The number of halogens is 6. The highest BCUT2D eigenvalue weighted by atomic mass is 32.2. The molecular weight excluding hydrogens is 532 g/mol. The molecule has 4 aromatic carbocycles. The summed E-state index contributed by atoms with van der Waals surface area (Å²) in [6.45, 7) is -0.230. The molecule has 0 atom stereocenters. The van der Waals surface area contributed by atoms with Crippen LogP contribution in [0, 0.1) is 0 Å². The predicted octanol–water partition coefficient (Wildman–Crippen LogP) is 7.20. The van der Waals surface area contributed by atoms with Gasteiger partial charge in [0, 0.05) is 12.7 Å². The summed E-state index contributed by atoms with van der Waals surface area (Å²) in [7, 11) is -3.95. The van der Waals surface area contributed by atoms with Gasteiger partial charge in [0.15, 0.2) is 0 Å². The van der Waals surface area contributed by atoms with Crippen molar-refractivity contribution in [2.45, 2.75) is 29.4 Å². The minimum Gasteiger partial charge on any atom is -0.357 e. The van der Waals surface area contributed by atoms with Crippen molar-refractivity contribution in [2.75, 3.05) is 11.4 Å². The standard InChI is InChI=1S/C27H21F6NO3S/c1-37-25(26(28,29)30,27(31,32)33)21-14-16-22(17-15-21)34(38(35,36)23-11-3-2-4-12-23)18-20-10-7-9-19-8-5-6-13-24(19)20/h2-17H,18H2,1H3. The molecule has 11 heteroatoms. The molecule has 0 amide bonds. The Labute approximate surface area is 215 Å². The molecule has 0 saturated heterocycles. The molecular formula is C27H21F6NO3S. The highest BCUT2D eigenvalue weighted by Crippen LogP contribution is 2.52. The average molecular weight is 554 g/mol. The van der Waals surface area contributed by atoms with Gasteiger partial charge in [-0.25, -0.2) is 8.42 Å². The van der Waals surface area contributed by atoms with Crippen LogP contribution in [0.1, 0.15) is 11.1 Å². The summed E-state index contributed by atoms with van der Waals surface area (Å²) in [6, 6.07) is 22.8. The third kappa shape index (κ3) is 4.71. The molecule has 0 saturated carbocycles. The Hall–Kier alpha value is -3.57. The van der Waals surface area contributed by atoms with Crippen molar-refractivity contribution in [2.24, 2.45) is 0 Å². The number of fused-ring (bicyclic) bond motifs is 1. The van der Waals surface area contributed by atoms with Crippen LogP contribution >= 0.6 is 0 Å². The van der Waals surface area contributed by atoms with Gasteiger partial charge in [-0.05, 0) is 40.6 Å². The van der Waals surface area contributed by atoms with E-state index >= 15 is 0 Å². The lowest BCUT2D eigenvalue weighted by Crippen LogP contribution is -2.55. The van der Waals surface area contributed by atoms with E-state index in [0.29, 0.717) is 24.8 Å². The van der Waals surface area contributed by atoms with Crippen molar-refractivity contribution in [3.63, 3.8) is 0 Å². The maximum absolute atomic E-state index is 13.7. The Morgan fingerprint density at radius 1 is 0.711 bits per heavy atom. The quantitative estimate of drug-likeness (QED) is 0.228. The average Bonchev–Trinajstić information content (AvgIpc) is 2.87. The minimum atomic E-state index is -5.83. The van der Waals surface area contributed by atoms with E-state index in [1.807, 2.05) is 18.2 Å². The first-order valence-corrected chi connectivity index (χ1v) is 12.6. The first-order chi connectivity index (χ1) is 17.8. The number of benzene rings is 4. The van der Waals surface area contributed by atoms with Gasteiger partial charge in [-0.3, -0.25) is 4.31 Å². The largest absolute Gasteiger partial charge is 0.430 e. The van der Waals surface area contributed by atoms with E-state index in [1.165, 1.54) is 24.3 Å². The number of hydrogen-bond acceptors (Lipinski definition) is 3. The number of alkyl halides is 6. The number of nitrogens with zero attached hydrogens (tertiary/aromatic N) is 1. The van der Waals surface area contributed by atoms with Crippen LogP contribution in [-0.2, 0) is 26.9 Å². The molecule has 0 aliphatic carbocycles. The highest BCUT2D eigenvalue weighted by molar-refractivity contribution is 7.92. The van der Waals surface area contributed by atoms with Crippen molar-refractivity contribution >= 4 is 26.5 Å². The molecule has 200 valence electrons. The second kappa shape index (κ2) is 9.95. The highest BCUT2D eigenvalue weighted by Gasteiger charge is 2.73. The minimum absolute atomic E-state index is 0.0962. The van der Waals surface area contributed by atoms with Crippen molar-refractivity contribution in [3.8, 4) is 0 Å². The molecule has 0 aliphatic heterocycles. The molecule has 0 fully saturated rings. The lowest BCUT2D eigenvalue weighted by atomic mass is 9.91. The van der Waals surface area contributed by atoms with Gasteiger partial charge in [-0.2, -0.15) is 26.3 Å². The van der Waals surface area contributed by atoms with Crippen LogP contribution in [0.15, 0.2) is 102 Å². The first-order valence-electron chi connectivity index (χ1n) is 11.2. The summed E-state index contributed by atoms with van der Waals surface area (Å²) in [5.41, 5.74) is -5.36. The van der Waals surface area contributed by atoms with Crippen LogP contribution < -0.4 is 4.31 Å². The molecule has 4 nitrogen and oxygen atoms in total. The molecule has 0 N–H and O–H groups in total. The molecule has 0 unspecified atom stereocenters. The van der Waals surface area contributed by atoms with E-state index in [-0.39, 0.29) is 17.1 Å². The zero-order chi connectivity index (χ0) is 27.8. The Kier molecular flexibility index (Phi) is 7.19. The zero-order valence-electron chi connectivity index (χ0n) is 19.8. The van der Waals surface area contributed by atoms with Crippen molar-refractivity contribution in [1.82, 2.24) is 0 Å². The van der Waals surface area contributed by atoms with E-state index in [9.17, 15) is 34.8 Å². The second-order valence-corrected chi connectivity index (χ2v) is 10.3. The third-order valence-electron chi connectivity index (χ3n) is 6.19. The monoisotopic (exact) mass is 553 g/mol. The maximum Gasteiger partial charge on any atom is 0.430 e. The molecule has 0 spiro atoms. The molecule has 0 bridgehead atoms. The lowest BCUT2D eigenvalue weighted by Gasteiger charge is -2.36. The zero-order valence-corrected chi connectivity index (χ0v) is 20.6. The molecule has 0 radical (unpaired) electrons. The SMILES string of the molecule is COC(c1ccc(N(Cc2cccc3ccccc23)S(=O)(=O)c2ccccc2)cc1)(C(F)(F)F)C(F)(F)F. The Morgan fingerprint density at radius 2 is 1.26 bits per heavy atom. The molecule has 0 aromatic heterocycles. The van der Waals surface area contributed by atoms with Crippen LogP contribution in [0.2, 0.25) is 0 Å². The van der Waals surface area contributed by atoms with Gasteiger partial charge in [0.2, 0.25) is 0 Å². The van der Waals surface area contributed by atoms with Gasteiger partial charge in [0.25, 0.3) is 15.6 Å². The van der Waals surface area contributed by atoms with Crippen LogP contribution in [0.5, 0.6) is 0 Å². The van der Waals surface area contributed by atoms with Crippen molar-refractivity contribution in [3.05, 3.63) is 108 Å². The lowest BCUT2D eigenvalue weighted by molar-refractivity contribution is -0.383. The van der Waals surface area contributed by atoms with Crippen LogP contribution in [-0.4, -0.2) is 27.9 Å². The topological polar surface area (TPSA) is 46.6 Å². The van der Waals surface area contributed by atoms with Gasteiger partial charge in [-0.15, -0.1) is 0 Å². The van der Waals surface area contributed by atoms with Gasteiger partial charge >= 0.3 is 12.4 Å². The summed E-state index contributed by atoms with van der Waals surface area (Å²) < 4.78 is 115. The summed E-state index contributed by atoms with van der Waals surface area (Å²) in [5.74, 6) is 0. The van der Waals surface area contributed by atoms with E-state index in [0.717, 1.165) is 27.2 Å². The fourth-order valence-electron chi connectivity index (χ4n) is 4.32. The smallest absolute Gasteiger partial charge is 0.357 e. The van der Waals surface area contributed by atoms with Gasteiger partial charge in [0.05, 0.1) is 17.1 Å². The van der Waals surface area contributed by atoms with Crippen molar-refractivity contribution < 1.29 is 39.5 Å². The number of rotatable bonds is 7.